The Morgan fingerprint density at radius 2 is 2.00 bits per heavy atom. The quantitative estimate of drug-likeness (QED) is 0.796. The summed E-state index contributed by atoms with van der Waals surface area (Å²) in [5.41, 5.74) is 0.952. The number of hydrogen-bond acceptors (Lipinski definition) is 2. The molecule has 0 spiro atoms. The van der Waals surface area contributed by atoms with E-state index in [1.165, 1.54) is 4.90 Å². The van der Waals surface area contributed by atoms with Crippen molar-refractivity contribution in [1.29, 1.82) is 0 Å². The van der Waals surface area contributed by atoms with Crippen LogP contribution < -0.4 is 0 Å². The highest BCUT2D eigenvalue weighted by Gasteiger charge is 2.46. The standard InChI is InChI=1S/C13H13NO3/c1-2-11(15)14-8-10(12(14)13(16)17)9-6-4-3-5-7-9/h2-7,10,12H,1,8H2,(H,16,17)/t10-,12+/m1/s1. The molecule has 0 saturated carbocycles. The van der Waals surface area contributed by atoms with E-state index in [2.05, 4.69) is 6.58 Å². The second-order valence-corrected chi connectivity index (χ2v) is 3.99. The van der Waals surface area contributed by atoms with Crippen molar-refractivity contribution in [3.8, 4) is 0 Å². The zero-order valence-corrected chi connectivity index (χ0v) is 9.24. The van der Waals surface area contributed by atoms with Gasteiger partial charge in [0.15, 0.2) is 0 Å². The minimum atomic E-state index is -0.972. The van der Waals surface area contributed by atoms with Gasteiger partial charge in [-0.25, -0.2) is 4.79 Å². The molecule has 1 heterocycles. The Hall–Kier alpha value is -2.10. The van der Waals surface area contributed by atoms with Crippen LogP contribution >= 0.6 is 0 Å². The fourth-order valence-electron chi connectivity index (χ4n) is 2.14. The van der Waals surface area contributed by atoms with Crippen LogP contribution in [0.5, 0.6) is 0 Å². The lowest BCUT2D eigenvalue weighted by Gasteiger charge is -2.45. The molecular weight excluding hydrogens is 218 g/mol. The minimum absolute atomic E-state index is 0.127. The monoisotopic (exact) mass is 231 g/mol. The van der Waals surface area contributed by atoms with Gasteiger partial charge in [0.25, 0.3) is 0 Å². The first-order chi connectivity index (χ1) is 8.15. The third kappa shape index (κ3) is 1.93. The maximum Gasteiger partial charge on any atom is 0.327 e. The van der Waals surface area contributed by atoms with Gasteiger partial charge in [-0.15, -0.1) is 0 Å². The molecule has 2 atom stereocenters. The van der Waals surface area contributed by atoms with Crippen LogP contribution in [0, 0.1) is 0 Å². The fraction of sp³-hybridized carbons (Fsp3) is 0.231. The molecule has 1 N–H and O–H groups in total. The van der Waals surface area contributed by atoms with Crippen molar-refractivity contribution in [2.75, 3.05) is 6.54 Å². The van der Waals surface area contributed by atoms with Crippen LogP contribution in [0.3, 0.4) is 0 Å². The molecule has 0 radical (unpaired) electrons. The summed E-state index contributed by atoms with van der Waals surface area (Å²) in [7, 11) is 0. The Balaban J connectivity index is 2.20. The fourth-order valence-corrected chi connectivity index (χ4v) is 2.14. The van der Waals surface area contributed by atoms with Crippen LogP contribution in [0.15, 0.2) is 43.0 Å². The summed E-state index contributed by atoms with van der Waals surface area (Å²) >= 11 is 0. The normalized spacial score (nSPS) is 22.7. The van der Waals surface area contributed by atoms with Crippen molar-refractivity contribution in [2.24, 2.45) is 0 Å². The number of aliphatic carboxylic acids is 1. The lowest BCUT2D eigenvalue weighted by molar-refractivity contribution is -0.157. The first-order valence-electron chi connectivity index (χ1n) is 5.36. The first kappa shape index (κ1) is 11.4. The summed E-state index contributed by atoms with van der Waals surface area (Å²) in [5, 5.41) is 9.15. The minimum Gasteiger partial charge on any atom is -0.480 e. The Morgan fingerprint density at radius 3 is 2.53 bits per heavy atom. The van der Waals surface area contributed by atoms with Crippen LogP contribution in [-0.2, 0) is 9.59 Å². The van der Waals surface area contributed by atoms with Gasteiger partial charge in [0.1, 0.15) is 6.04 Å². The van der Waals surface area contributed by atoms with Crippen molar-refractivity contribution in [1.82, 2.24) is 4.90 Å². The molecule has 1 fully saturated rings. The highest BCUT2D eigenvalue weighted by Crippen LogP contribution is 2.34. The topological polar surface area (TPSA) is 57.6 Å². The van der Waals surface area contributed by atoms with Gasteiger partial charge in [-0.05, 0) is 11.6 Å². The van der Waals surface area contributed by atoms with E-state index in [4.69, 9.17) is 5.11 Å². The van der Waals surface area contributed by atoms with Crippen molar-refractivity contribution >= 4 is 11.9 Å². The predicted molar refractivity (Wildman–Crippen MR) is 62.5 cm³/mol. The largest absolute Gasteiger partial charge is 0.480 e. The number of rotatable bonds is 3. The number of amides is 1. The van der Waals surface area contributed by atoms with E-state index in [0.29, 0.717) is 6.54 Å². The van der Waals surface area contributed by atoms with Gasteiger partial charge in [-0.3, -0.25) is 4.79 Å². The number of carbonyl (C=O) groups excluding carboxylic acids is 1. The molecule has 0 aromatic heterocycles. The summed E-state index contributed by atoms with van der Waals surface area (Å²) in [6.07, 6.45) is 1.15. The Bertz CT molecular complexity index is 455. The third-order valence-electron chi connectivity index (χ3n) is 3.05. The number of nitrogens with zero attached hydrogens (tertiary/aromatic N) is 1. The van der Waals surface area contributed by atoms with Crippen molar-refractivity contribution < 1.29 is 14.7 Å². The summed E-state index contributed by atoms with van der Waals surface area (Å²) in [6.45, 7) is 3.81. The highest BCUT2D eigenvalue weighted by molar-refractivity contribution is 5.93. The SMILES string of the molecule is C=CC(=O)N1C[C@H](c2ccccc2)[C@H]1C(=O)O. The van der Waals surface area contributed by atoms with E-state index >= 15 is 0 Å². The molecule has 0 aliphatic carbocycles. The van der Waals surface area contributed by atoms with Crippen molar-refractivity contribution in [3.63, 3.8) is 0 Å². The van der Waals surface area contributed by atoms with Crippen molar-refractivity contribution in [2.45, 2.75) is 12.0 Å². The number of likely N-dealkylation sites (tertiary alicyclic amines) is 1. The lowest BCUT2D eigenvalue weighted by atomic mass is 9.82. The number of carboxylic acid groups (broad SMARTS) is 1. The molecule has 88 valence electrons. The van der Waals surface area contributed by atoms with E-state index in [9.17, 15) is 9.59 Å². The number of carboxylic acids is 1. The van der Waals surface area contributed by atoms with Gasteiger partial charge in [-0.2, -0.15) is 0 Å². The van der Waals surface area contributed by atoms with Crippen LogP contribution in [0.2, 0.25) is 0 Å². The van der Waals surface area contributed by atoms with Crippen LogP contribution in [0.25, 0.3) is 0 Å². The second kappa shape index (κ2) is 4.41. The van der Waals surface area contributed by atoms with Crippen LogP contribution in [0.1, 0.15) is 11.5 Å². The first-order valence-corrected chi connectivity index (χ1v) is 5.36. The number of benzene rings is 1. The summed E-state index contributed by atoms with van der Waals surface area (Å²) < 4.78 is 0. The Morgan fingerprint density at radius 1 is 1.35 bits per heavy atom. The molecule has 4 heteroatoms. The molecule has 4 nitrogen and oxygen atoms in total. The van der Waals surface area contributed by atoms with Gasteiger partial charge in [-0.1, -0.05) is 36.9 Å². The molecule has 1 saturated heterocycles. The number of hydrogen-bond donors (Lipinski definition) is 1. The molecule has 1 amide bonds. The number of carbonyl (C=O) groups is 2. The van der Waals surface area contributed by atoms with Gasteiger partial charge >= 0.3 is 5.97 Å². The van der Waals surface area contributed by atoms with E-state index in [1.807, 2.05) is 30.3 Å². The molecule has 1 aliphatic rings. The third-order valence-corrected chi connectivity index (χ3v) is 3.05. The van der Waals surface area contributed by atoms with Gasteiger partial charge < -0.3 is 10.0 Å². The average Bonchev–Trinajstić information content (AvgIpc) is 2.28. The van der Waals surface area contributed by atoms with Crippen molar-refractivity contribution in [3.05, 3.63) is 48.6 Å². The van der Waals surface area contributed by atoms with E-state index < -0.39 is 12.0 Å². The zero-order valence-electron chi connectivity index (χ0n) is 9.24. The van der Waals surface area contributed by atoms with E-state index in [1.54, 1.807) is 0 Å². The molecular formula is C13H13NO3. The molecule has 0 unspecified atom stereocenters. The molecule has 1 aromatic rings. The maximum absolute atomic E-state index is 11.4. The highest BCUT2D eigenvalue weighted by atomic mass is 16.4. The Kier molecular flexibility index (Phi) is 2.95. The van der Waals surface area contributed by atoms with E-state index in [0.717, 1.165) is 11.6 Å². The average molecular weight is 231 g/mol. The zero-order chi connectivity index (χ0) is 12.4. The van der Waals surface area contributed by atoms with Gasteiger partial charge in [0, 0.05) is 12.5 Å². The summed E-state index contributed by atoms with van der Waals surface area (Å²) in [5.74, 6) is -1.43. The predicted octanol–water partition coefficient (Wildman–Crippen LogP) is 1.25. The smallest absolute Gasteiger partial charge is 0.327 e. The lowest BCUT2D eigenvalue weighted by Crippen LogP contribution is -2.60. The van der Waals surface area contributed by atoms with Gasteiger partial charge in [0.2, 0.25) is 5.91 Å². The summed E-state index contributed by atoms with van der Waals surface area (Å²) in [4.78, 5) is 23.9. The maximum atomic E-state index is 11.4. The molecule has 1 aromatic carbocycles. The van der Waals surface area contributed by atoms with Crippen LogP contribution in [0.4, 0.5) is 0 Å². The Labute approximate surface area is 99.2 Å². The van der Waals surface area contributed by atoms with E-state index in [-0.39, 0.29) is 11.8 Å². The second-order valence-electron chi connectivity index (χ2n) is 3.99. The molecule has 2 rings (SSSR count). The summed E-state index contributed by atoms with van der Waals surface area (Å²) in [6, 6.07) is 8.61. The van der Waals surface area contributed by atoms with Gasteiger partial charge in [0.05, 0.1) is 0 Å². The molecule has 0 bridgehead atoms. The molecule has 17 heavy (non-hydrogen) atoms. The van der Waals surface area contributed by atoms with Crippen LogP contribution in [-0.4, -0.2) is 34.5 Å². The molecule has 1 aliphatic heterocycles.